The molecule has 11 nitrogen and oxygen atoms in total. The van der Waals surface area contributed by atoms with Crippen molar-refractivity contribution in [2.24, 2.45) is 5.73 Å². The summed E-state index contributed by atoms with van der Waals surface area (Å²) in [6.45, 7) is 0.667. The van der Waals surface area contributed by atoms with Gasteiger partial charge in [-0.2, -0.15) is 0 Å². The Kier molecular flexibility index (Phi) is 7.90. The number of anilines is 2. The Morgan fingerprint density at radius 2 is 2.00 bits per heavy atom. The molecular formula is C21H27N7O4. The third-order valence-electron chi connectivity index (χ3n) is 5.28. The van der Waals surface area contributed by atoms with E-state index in [1.807, 2.05) is 18.2 Å². The molecular weight excluding hydrogens is 414 g/mol. The van der Waals surface area contributed by atoms with Crippen LogP contribution in [0.5, 0.6) is 0 Å². The molecule has 1 aromatic carbocycles. The van der Waals surface area contributed by atoms with E-state index in [0.29, 0.717) is 25.9 Å². The van der Waals surface area contributed by atoms with Crippen molar-refractivity contribution in [1.29, 1.82) is 0 Å². The average Bonchev–Trinajstić information content (AvgIpc) is 3.27. The van der Waals surface area contributed by atoms with E-state index in [1.165, 1.54) is 11.9 Å². The molecule has 2 heterocycles. The second-order valence-corrected chi connectivity index (χ2v) is 7.56. The summed E-state index contributed by atoms with van der Waals surface area (Å²) in [6.07, 6.45) is 5.08. The summed E-state index contributed by atoms with van der Waals surface area (Å²) in [6, 6.07) is 9.45. The van der Waals surface area contributed by atoms with Gasteiger partial charge < -0.3 is 21.3 Å². The monoisotopic (exact) mass is 441 g/mol. The van der Waals surface area contributed by atoms with Gasteiger partial charge in [-0.25, -0.2) is 9.97 Å². The van der Waals surface area contributed by atoms with E-state index in [9.17, 15) is 19.7 Å². The zero-order chi connectivity index (χ0) is 22.9. The highest BCUT2D eigenvalue weighted by molar-refractivity contribution is 5.90. The summed E-state index contributed by atoms with van der Waals surface area (Å²) in [5.74, 6) is -0.851. The van der Waals surface area contributed by atoms with Crippen molar-refractivity contribution in [3.05, 3.63) is 52.3 Å². The van der Waals surface area contributed by atoms with Crippen LogP contribution in [0.15, 0.2) is 36.7 Å². The molecule has 1 aromatic heterocycles. The highest BCUT2D eigenvalue weighted by atomic mass is 16.6. The summed E-state index contributed by atoms with van der Waals surface area (Å²) >= 11 is 0. The minimum absolute atomic E-state index is 0.0912. The molecule has 0 radical (unpaired) electrons. The Labute approximate surface area is 185 Å². The number of aryl methyl sites for hydroxylation is 1. The zero-order valence-corrected chi connectivity index (χ0v) is 17.7. The number of carbonyl (C=O) groups is 2. The molecule has 1 saturated heterocycles. The maximum absolute atomic E-state index is 12.5. The molecule has 1 fully saturated rings. The molecule has 4 N–H and O–H groups in total. The molecule has 1 aliphatic heterocycles. The topological polar surface area (TPSA) is 156 Å². The highest BCUT2D eigenvalue weighted by Crippen LogP contribution is 2.35. The van der Waals surface area contributed by atoms with Gasteiger partial charge in [0.25, 0.3) is 0 Å². The number of benzene rings is 1. The van der Waals surface area contributed by atoms with Crippen molar-refractivity contribution in [1.82, 2.24) is 15.3 Å². The van der Waals surface area contributed by atoms with Gasteiger partial charge in [0.1, 0.15) is 12.4 Å². The lowest BCUT2D eigenvalue weighted by Gasteiger charge is -2.24. The van der Waals surface area contributed by atoms with Gasteiger partial charge in [-0.05, 0) is 37.7 Å². The fourth-order valence-corrected chi connectivity index (χ4v) is 3.77. The molecule has 1 unspecified atom stereocenters. The van der Waals surface area contributed by atoms with Crippen molar-refractivity contribution >= 4 is 29.1 Å². The molecule has 0 saturated carbocycles. The molecule has 0 spiro atoms. The van der Waals surface area contributed by atoms with Crippen LogP contribution in [-0.4, -0.2) is 52.4 Å². The molecule has 11 heteroatoms. The van der Waals surface area contributed by atoms with Crippen LogP contribution in [0.25, 0.3) is 0 Å². The molecule has 3 rings (SSSR count). The summed E-state index contributed by atoms with van der Waals surface area (Å²) in [5, 5.41) is 17.4. The second-order valence-electron chi connectivity index (χ2n) is 7.56. The van der Waals surface area contributed by atoms with Gasteiger partial charge in [-0.15, -0.1) is 0 Å². The van der Waals surface area contributed by atoms with Crippen LogP contribution < -0.4 is 21.3 Å². The molecule has 0 aliphatic carbocycles. The second kappa shape index (κ2) is 11.0. The van der Waals surface area contributed by atoms with Crippen molar-refractivity contribution < 1.29 is 14.5 Å². The van der Waals surface area contributed by atoms with Crippen molar-refractivity contribution in [2.75, 3.05) is 29.9 Å². The number of unbranched alkanes of at least 4 members (excludes halogenated alkanes) is 1. The fraction of sp³-hybridized carbons (Fsp3) is 0.429. The average molecular weight is 441 g/mol. The maximum Gasteiger partial charge on any atom is 0.353 e. The zero-order valence-electron chi connectivity index (χ0n) is 17.7. The molecule has 170 valence electrons. The standard InChI is InChI=1S/C21H27N7O4/c22-17(29)13-24-21(30)16-10-6-12-27(16)20-18(28(31)32)19(25-14-26-20)23-11-5-4-9-15-7-2-1-3-8-15/h1-3,7-8,14,16H,4-6,9-13H2,(H2,22,29)(H,24,30)(H,23,25,26). The van der Waals surface area contributed by atoms with Crippen LogP contribution in [0.2, 0.25) is 0 Å². The largest absolute Gasteiger partial charge is 0.368 e. The van der Waals surface area contributed by atoms with Crippen LogP contribution in [0.1, 0.15) is 31.2 Å². The molecule has 1 atom stereocenters. The number of carbonyl (C=O) groups excluding carboxylic acids is 2. The Morgan fingerprint density at radius 1 is 1.22 bits per heavy atom. The van der Waals surface area contributed by atoms with E-state index < -0.39 is 22.8 Å². The number of nitro groups is 1. The first-order valence-electron chi connectivity index (χ1n) is 10.6. The van der Waals surface area contributed by atoms with Gasteiger partial charge in [-0.1, -0.05) is 30.3 Å². The van der Waals surface area contributed by atoms with Crippen LogP contribution in [0, 0.1) is 10.1 Å². The quantitative estimate of drug-likeness (QED) is 0.268. The predicted molar refractivity (Wildman–Crippen MR) is 119 cm³/mol. The van der Waals surface area contributed by atoms with Crippen molar-refractivity contribution in [2.45, 2.75) is 38.1 Å². The van der Waals surface area contributed by atoms with E-state index in [0.717, 1.165) is 19.3 Å². The Bertz CT molecular complexity index is 954. The van der Waals surface area contributed by atoms with E-state index in [1.54, 1.807) is 4.90 Å². The molecule has 2 aromatic rings. The van der Waals surface area contributed by atoms with Crippen LogP contribution in [0.4, 0.5) is 17.3 Å². The molecule has 0 bridgehead atoms. The Balaban J connectivity index is 1.66. The third kappa shape index (κ3) is 5.90. The van der Waals surface area contributed by atoms with Gasteiger partial charge in [0.05, 0.1) is 11.5 Å². The van der Waals surface area contributed by atoms with E-state index in [4.69, 9.17) is 5.73 Å². The van der Waals surface area contributed by atoms with Crippen molar-refractivity contribution in [3.8, 4) is 0 Å². The lowest BCUT2D eigenvalue weighted by atomic mass is 10.1. The molecule has 32 heavy (non-hydrogen) atoms. The maximum atomic E-state index is 12.5. The number of amides is 2. The van der Waals surface area contributed by atoms with Crippen LogP contribution in [0.3, 0.4) is 0 Å². The summed E-state index contributed by atoms with van der Waals surface area (Å²) in [5.41, 5.74) is 6.07. The number of hydrogen-bond acceptors (Lipinski definition) is 8. The summed E-state index contributed by atoms with van der Waals surface area (Å²) in [7, 11) is 0. The van der Waals surface area contributed by atoms with Gasteiger partial charge in [0, 0.05) is 13.1 Å². The SMILES string of the molecule is NC(=O)CNC(=O)C1CCCN1c1ncnc(NCCCCc2ccccc2)c1[N+](=O)[O-]. The number of nitrogens with zero attached hydrogens (tertiary/aromatic N) is 4. The first-order chi connectivity index (χ1) is 15.5. The number of hydrogen-bond donors (Lipinski definition) is 3. The number of primary amides is 1. The number of aromatic nitrogens is 2. The predicted octanol–water partition coefficient (Wildman–Crippen LogP) is 1.39. The first kappa shape index (κ1) is 22.9. The third-order valence-corrected chi connectivity index (χ3v) is 5.28. The Morgan fingerprint density at radius 3 is 2.72 bits per heavy atom. The Hall–Kier alpha value is -3.76. The number of rotatable bonds is 11. The van der Waals surface area contributed by atoms with E-state index in [-0.39, 0.29) is 23.9 Å². The van der Waals surface area contributed by atoms with Crippen LogP contribution >= 0.6 is 0 Å². The molecule has 1 aliphatic rings. The minimum atomic E-state index is -0.665. The minimum Gasteiger partial charge on any atom is -0.368 e. The van der Waals surface area contributed by atoms with E-state index >= 15 is 0 Å². The number of nitrogens with two attached hydrogens (primary N) is 1. The lowest BCUT2D eigenvalue weighted by molar-refractivity contribution is -0.383. The summed E-state index contributed by atoms with van der Waals surface area (Å²) in [4.78, 5) is 44.5. The normalized spacial score (nSPS) is 15.4. The van der Waals surface area contributed by atoms with Gasteiger partial charge in [-0.3, -0.25) is 19.7 Å². The van der Waals surface area contributed by atoms with Crippen LogP contribution in [-0.2, 0) is 16.0 Å². The summed E-state index contributed by atoms with van der Waals surface area (Å²) < 4.78 is 0. The lowest BCUT2D eigenvalue weighted by Crippen LogP contribution is -2.46. The number of nitrogens with one attached hydrogen (secondary N) is 2. The van der Waals surface area contributed by atoms with Gasteiger partial charge in [0.15, 0.2) is 0 Å². The first-order valence-corrected chi connectivity index (χ1v) is 10.6. The van der Waals surface area contributed by atoms with Gasteiger partial charge in [0.2, 0.25) is 23.5 Å². The smallest absolute Gasteiger partial charge is 0.353 e. The highest BCUT2D eigenvalue weighted by Gasteiger charge is 2.37. The van der Waals surface area contributed by atoms with Crippen molar-refractivity contribution in [3.63, 3.8) is 0 Å². The fourth-order valence-electron chi connectivity index (χ4n) is 3.77. The van der Waals surface area contributed by atoms with E-state index in [2.05, 4.69) is 32.7 Å². The molecule has 2 amide bonds. The van der Waals surface area contributed by atoms with Gasteiger partial charge >= 0.3 is 5.69 Å².